The number of hydrogen-bond donors (Lipinski definition) is 1. The van der Waals surface area contributed by atoms with Crippen LogP contribution in [-0.4, -0.2) is 0 Å². The number of rotatable bonds is 2. The summed E-state index contributed by atoms with van der Waals surface area (Å²) in [5, 5.41) is 0.454. The quantitative estimate of drug-likeness (QED) is 0.872. The summed E-state index contributed by atoms with van der Waals surface area (Å²) in [6.45, 7) is 1.81. The zero-order chi connectivity index (χ0) is 11.7. The fourth-order valence-electron chi connectivity index (χ4n) is 1.53. The molecule has 0 saturated carbocycles. The molecule has 1 atom stereocenters. The first-order valence-electron chi connectivity index (χ1n) is 4.85. The molecular weight excluding hydrogens is 229 g/mol. The summed E-state index contributed by atoms with van der Waals surface area (Å²) in [4.78, 5) is 0. The molecule has 0 aliphatic rings. The summed E-state index contributed by atoms with van der Waals surface area (Å²) in [6, 6.07) is 7.19. The second kappa shape index (κ2) is 4.28. The Kier molecular flexibility index (Phi) is 2.99. The van der Waals surface area contributed by atoms with Crippen molar-refractivity contribution in [2.24, 2.45) is 5.73 Å². The van der Waals surface area contributed by atoms with Crippen LogP contribution in [0.1, 0.15) is 23.1 Å². The summed E-state index contributed by atoms with van der Waals surface area (Å²) in [6.07, 6.45) is 0. The normalized spacial score (nSPS) is 12.8. The summed E-state index contributed by atoms with van der Waals surface area (Å²) >= 11 is 5.80. The molecule has 0 aliphatic carbocycles. The highest BCUT2D eigenvalue weighted by atomic mass is 35.5. The zero-order valence-corrected chi connectivity index (χ0v) is 9.46. The Morgan fingerprint density at radius 3 is 2.69 bits per heavy atom. The van der Waals surface area contributed by atoms with Crippen LogP contribution < -0.4 is 5.73 Å². The average molecular weight is 240 g/mol. The van der Waals surface area contributed by atoms with Crippen molar-refractivity contribution in [1.82, 2.24) is 0 Å². The molecule has 16 heavy (non-hydrogen) atoms. The molecule has 2 rings (SSSR count). The van der Waals surface area contributed by atoms with Crippen LogP contribution in [0.4, 0.5) is 4.39 Å². The van der Waals surface area contributed by atoms with Gasteiger partial charge in [0.2, 0.25) is 0 Å². The minimum Gasteiger partial charge on any atom is -0.464 e. The first-order chi connectivity index (χ1) is 7.58. The molecule has 0 radical (unpaired) electrons. The van der Waals surface area contributed by atoms with Gasteiger partial charge >= 0.3 is 0 Å². The maximum Gasteiger partial charge on any atom is 0.128 e. The number of aryl methyl sites for hydroxylation is 1. The van der Waals surface area contributed by atoms with Crippen molar-refractivity contribution >= 4 is 11.6 Å². The van der Waals surface area contributed by atoms with Crippen molar-refractivity contribution < 1.29 is 8.81 Å². The lowest BCUT2D eigenvalue weighted by Crippen LogP contribution is -2.12. The lowest BCUT2D eigenvalue weighted by Gasteiger charge is -2.10. The molecule has 2 N–H and O–H groups in total. The number of halogens is 2. The molecule has 0 aliphatic heterocycles. The van der Waals surface area contributed by atoms with Gasteiger partial charge in [-0.25, -0.2) is 4.39 Å². The molecule has 0 bridgehead atoms. The number of nitrogens with two attached hydrogens (primary N) is 1. The SMILES string of the molecule is Cc1ccc(C(N)c2cc(Cl)ccc2F)o1. The molecule has 2 nitrogen and oxygen atoms in total. The van der Waals surface area contributed by atoms with Crippen molar-refractivity contribution in [1.29, 1.82) is 0 Å². The third kappa shape index (κ3) is 2.10. The van der Waals surface area contributed by atoms with Crippen molar-refractivity contribution in [2.45, 2.75) is 13.0 Å². The molecule has 0 fully saturated rings. The molecular formula is C12H11ClFNO. The van der Waals surface area contributed by atoms with Gasteiger partial charge in [0, 0.05) is 10.6 Å². The third-order valence-corrected chi connectivity index (χ3v) is 2.60. The van der Waals surface area contributed by atoms with Gasteiger partial charge in [0.1, 0.15) is 17.3 Å². The average Bonchev–Trinajstić information content (AvgIpc) is 2.67. The van der Waals surface area contributed by atoms with E-state index >= 15 is 0 Å². The highest BCUT2D eigenvalue weighted by Crippen LogP contribution is 2.26. The van der Waals surface area contributed by atoms with E-state index in [2.05, 4.69) is 0 Å². The van der Waals surface area contributed by atoms with Gasteiger partial charge in [-0.1, -0.05) is 11.6 Å². The van der Waals surface area contributed by atoms with Crippen LogP contribution in [0.25, 0.3) is 0 Å². The first kappa shape index (κ1) is 11.2. The topological polar surface area (TPSA) is 39.2 Å². The zero-order valence-electron chi connectivity index (χ0n) is 8.71. The van der Waals surface area contributed by atoms with Gasteiger partial charge in [-0.15, -0.1) is 0 Å². The van der Waals surface area contributed by atoms with Gasteiger partial charge in [-0.2, -0.15) is 0 Å². The fourth-order valence-corrected chi connectivity index (χ4v) is 1.71. The van der Waals surface area contributed by atoms with Gasteiger partial charge in [-0.3, -0.25) is 0 Å². The molecule has 84 valence electrons. The standard InChI is InChI=1S/C12H11ClFNO/c1-7-2-5-11(16-7)12(15)9-6-8(13)3-4-10(9)14/h2-6,12H,15H2,1H3. The molecule has 0 amide bonds. The van der Waals surface area contributed by atoms with Gasteiger partial charge in [0.15, 0.2) is 0 Å². The monoisotopic (exact) mass is 239 g/mol. The van der Waals surface area contributed by atoms with E-state index in [1.54, 1.807) is 12.1 Å². The maximum atomic E-state index is 13.5. The Morgan fingerprint density at radius 2 is 2.06 bits per heavy atom. The van der Waals surface area contributed by atoms with Crippen LogP contribution in [0, 0.1) is 12.7 Å². The molecule has 1 aromatic carbocycles. The summed E-state index contributed by atoms with van der Waals surface area (Å²) in [5.41, 5.74) is 6.24. The van der Waals surface area contributed by atoms with E-state index in [0.717, 1.165) is 5.76 Å². The second-order valence-corrected chi connectivity index (χ2v) is 4.03. The minimum absolute atomic E-state index is 0.335. The fraction of sp³-hybridized carbons (Fsp3) is 0.167. The van der Waals surface area contributed by atoms with Gasteiger partial charge < -0.3 is 10.2 Å². The van der Waals surface area contributed by atoms with Gasteiger partial charge in [-0.05, 0) is 37.3 Å². The summed E-state index contributed by atoms with van der Waals surface area (Å²) in [7, 11) is 0. The Bertz CT molecular complexity index is 509. The highest BCUT2D eigenvalue weighted by molar-refractivity contribution is 6.30. The Hall–Kier alpha value is -1.32. The lowest BCUT2D eigenvalue weighted by molar-refractivity contribution is 0.459. The van der Waals surface area contributed by atoms with Gasteiger partial charge in [0.05, 0.1) is 6.04 Å². The largest absolute Gasteiger partial charge is 0.464 e. The molecule has 1 heterocycles. The van der Waals surface area contributed by atoms with Crippen LogP contribution in [0.2, 0.25) is 5.02 Å². The van der Waals surface area contributed by atoms with Crippen LogP contribution in [0.15, 0.2) is 34.7 Å². The molecule has 2 aromatic rings. The number of hydrogen-bond acceptors (Lipinski definition) is 2. The Labute approximate surface area is 97.8 Å². The Balaban J connectivity index is 2.40. The smallest absolute Gasteiger partial charge is 0.128 e. The molecule has 1 aromatic heterocycles. The van der Waals surface area contributed by atoms with E-state index in [-0.39, 0.29) is 5.82 Å². The van der Waals surface area contributed by atoms with E-state index in [1.165, 1.54) is 18.2 Å². The summed E-state index contributed by atoms with van der Waals surface area (Å²) < 4.78 is 18.9. The third-order valence-electron chi connectivity index (χ3n) is 2.36. The summed E-state index contributed by atoms with van der Waals surface area (Å²) in [5.74, 6) is 0.887. The Morgan fingerprint density at radius 1 is 1.31 bits per heavy atom. The molecule has 0 saturated heterocycles. The second-order valence-electron chi connectivity index (χ2n) is 3.59. The molecule has 4 heteroatoms. The highest BCUT2D eigenvalue weighted by Gasteiger charge is 2.16. The maximum absolute atomic E-state index is 13.5. The number of benzene rings is 1. The van der Waals surface area contributed by atoms with E-state index in [9.17, 15) is 4.39 Å². The lowest BCUT2D eigenvalue weighted by atomic mass is 10.1. The minimum atomic E-state index is -0.632. The van der Waals surface area contributed by atoms with Crippen molar-refractivity contribution in [3.05, 3.63) is 58.3 Å². The van der Waals surface area contributed by atoms with Crippen molar-refractivity contribution in [3.63, 3.8) is 0 Å². The van der Waals surface area contributed by atoms with Crippen LogP contribution in [0.5, 0.6) is 0 Å². The van der Waals surface area contributed by atoms with Crippen LogP contribution in [0.3, 0.4) is 0 Å². The number of furan rings is 1. The van der Waals surface area contributed by atoms with E-state index in [4.69, 9.17) is 21.8 Å². The predicted octanol–water partition coefficient (Wildman–Crippen LogP) is 3.43. The molecule has 0 spiro atoms. The van der Waals surface area contributed by atoms with Crippen LogP contribution in [-0.2, 0) is 0 Å². The van der Waals surface area contributed by atoms with E-state index in [0.29, 0.717) is 16.3 Å². The van der Waals surface area contributed by atoms with Crippen molar-refractivity contribution in [3.8, 4) is 0 Å². The van der Waals surface area contributed by atoms with E-state index in [1.807, 2.05) is 6.92 Å². The van der Waals surface area contributed by atoms with Gasteiger partial charge in [0.25, 0.3) is 0 Å². The van der Waals surface area contributed by atoms with Crippen LogP contribution >= 0.6 is 11.6 Å². The predicted molar refractivity (Wildman–Crippen MR) is 60.9 cm³/mol. The van der Waals surface area contributed by atoms with E-state index < -0.39 is 6.04 Å². The first-order valence-corrected chi connectivity index (χ1v) is 5.22. The van der Waals surface area contributed by atoms with Crippen molar-refractivity contribution in [2.75, 3.05) is 0 Å². The molecule has 1 unspecified atom stereocenters.